The minimum atomic E-state index is -0.538. The Hall–Kier alpha value is -0.660. The van der Waals surface area contributed by atoms with E-state index in [1.54, 1.807) is 40.8 Å². The van der Waals surface area contributed by atoms with E-state index in [-0.39, 0.29) is 24.4 Å². The third-order valence-corrected chi connectivity index (χ3v) is 3.12. The molecule has 0 bridgehead atoms. The van der Waals surface area contributed by atoms with Gasteiger partial charge in [-0.2, -0.15) is 0 Å². The van der Waals surface area contributed by atoms with Gasteiger partial charge >= 0.3 is 0 Å². The molecule has 0 spiro atoms. The van der Waals surface area contributed by atoms with Crippen molar-refractivity contribution in [2.24, 2.45) is 0 Å². The number of ether oxygens (including phenoxy) is 6. The lowest BCUT2D eigenvalue weighted by Crippen LogP contribution is -2.59. The molecule has 1 rings (SSSR count). The summed E-state index contributed by atoms with van der Waals surface area (Å²) < 4.78 is 32.5. The summed E-state index contributed by atoms with van der Waals surface area (Å²) in [7, 11) is 6.46. The molecule has 0 aromatic heterocycles. The summed E-state index contributed by atoms with van der Waals surface area (Å²) in [5.74, 6) is 0. The summed E-state index contributed by atoms with van der Waals surface area (Å²) in [6.07, 6.45) is 1.81. The van der Waals surface area contributed by atoms with Crippen LogP contribution in [0.25, 0.3) is 0 Å². The topological polar surface area (TPSA) is 55.4 Å². The Bertz CT molecular complexity index is 270. The van der Waals surface area contributed by atoms with Crippen LogP contribution in [0, 0.1) is 0 Å². The summed E-state index contributed by atoms with van der Waals surface area (Å²) in [6, 6.07) is 0. The molecule has 112 valence electrons. The summed E-state index contributed by atoms with van der Waals surface area (Å²) in [5.41, 5.74) is 0. The molecule has 1 aliphatic heterocycles. The summed E-state index contributed by atoms with van der Waals surface area (Å²) in [6.45, 7) is 2.40. The molecular formula is C13H24O6. The Kier molecular flexibility index (Phi) is 7.33. The van der Waals surface area contributed by atoms with Gasteiger partial charge in [0.15, 0.2) is 0 Å². The van der Waals surface area contributed by atoms with Crippen LogP contribution in [0.3, 0.4) is 0 Å². The Labute approximate surface area is 114 Å². The lowest BCUT2D eigenvalue weighted by molar-refractivity contribution is -0.292. The van der Waals surface area contributed by atoms with Crippen LogP contribution in [0.15, 0.2) is 12.3 Å². The van der Waals surface area contributed by atoms with Gasteiger partial charge in [0.05, 0.1) is 19.0 Å². The first-order chi connectivity index (χ1) is 9.19. The molecule has 6 nitrogen and oxygen atoms in total. The van der Waals surface area contributed by atoms with Crippen LogP contribution in [-0.2, 0) is 28.4 Å². The molecule has 1 fully saturated rings. The molecule has 6 heteroatoms. The largest absolute Gasteiger partial charge is 0.470 e. The van der Waals surface area contributed by atoms with Crippen LogP contribution in [0.1, 0.15) is 6.92 Å². The lowest BCUT2D eigenvalue weighted by Gasteiger charge is -2.43. The van der Waals surface area contributed by atoms with E-state index >= 15 is 0 Å². The van der Waals surface area contributed by atoms with Gasteiger partial charge in [-0.3, -0.25) is 0 Å². The van der Waals surface area contributed by atoms with Gasteiger partial charge in [0, 0.05) is 28.4 Å². The van der Waals surface area contributed by atoms with Crippen molar-refractivity contribution >= 4 is 0 Å². The highest BCUT2D eigenvalue weighted by molar-refractivity contribution is 4.91. The molecule has 5 unspecified atom stereocenters. The molecule has 0 aromatic rings. The maximum Gasteiger partial charge on any atom is 0.228 e. The fourth-order valence-electron chi connectivity index (χ4n) is 2.19. The van der Waals surface area contributed by atoms with Crippen molar-refractivity contribution in [2.75, 3.05) is 35.0 Å². The van der Waals surface area contributed by atoms with E-state index in [9.17, 15) is 0 Å². The van der Waals surface area contributed by atoms with E-state index in [0.29, 0.717) is 6.61 Å². The van der Waals surface area contributed by atoms with Crippen LogP contribution in [0.5, 0.6) is 0 Å². The molecule has 0 radical (unpaired) electrons. The Morgan fingerprint density at radius 2 is 1.58 bits per heavy atom. The zero-order valence-corrected chi connectivity index (χ0v) is 12.2. The molecule has 0 aromatic carbocycles. The molecule has 19 heavy (non-hydrogen) atoms. The van der Waals surface area contributed by atoms with Crippen molar-refractivity contribution in [1.82, 2.24) is 0 Å². The van der Waals surface area contributed by atoms with Crippen LogP contribution in [-0.4, -0.2) is 65.8 Å². The van der Waals surface area contributed by atoms with Gasteiger partial charge in [-0.1, -0.05) is 0 Å². The molecule has 1 saturated heterocycles. The van der Waals surface area contributed by atoms with Crippen LogP contribution in [0.2, 0.25) is 0 Å². The smallest absolute Gasteiger partial charge is 0.228 e. The van der Waals surface area contributed by atoms with Crippen molar-refractivity contribution in [3.05, 3.63) is 12.3 Å². The first-order valence-corrected chi connectivity index (χ1v) is 6.22. The molecule has 1 aliphatic rings. The van der Waals surface area contributed by atoms with Gasteiger partial charge in [0.25, 0.3) is 0 Å². The lowest BCUT2D eigenvalue weighted by atomic mass is 9.99. The van der Waals surface area contributed by atoms with Crippen molar-refractivity contribution in [1.29, 1.82) is 0 Å². The normalized spacial score (nSPS) is 35.7. The first kappa shape index (κ1) is 16.4. The maximum absolute atomic E-state index is 5.76. The highest BCUT2D eigenvalue weighted by atomic mass is 16.7. The second kappa shape index (κ2) is 8.50. The molecule has 5 atom stereocenters. The second-order valence-electron chi connectivity index (χ2n) is 4.27. The summed E-state index contributed by atoms with van der Waals surface area (Å²) in [4.78, 5) is 0. The molecule has 0 N–H and O–H groups in total. The van der Waals surface area contributed by atoms with Crippen LogP contribution >= 0.6 is 0 Å². The predicted octanol–water partition coefficient (Wildman–Crippen LogP) is 0.953. The average Bonchev–Trinajstić information content (AvgIpc) is 2.42. The molecule has 0 amide bonds. The number of hydrogen-bond acceptors (Lipinski definition) is 6. The third-order valence-electron chi connectivity index (χ3n) is 3.12. The summed E-state index contributed by atoms with van der Waals surface area (Å²) >= 11 is 0. The number of hydrogen-bond donors (Lipinski definition) is 0. The minimum absolute atomic E-state index is 0.151. The van der Waals surface area contributed by atoms with E-state index in [4.69, 9.17) is 28.4 Å². The quantitative estimate of drug-likeness (QED) is 0.645. The van der Waals surface area contributed by atoms with Crippen molar-refractivity contribution < 1.29 is 28.4 Å². The number of methoxy groups -OCH3 is 4. The van der Waals surface area contributed by atoms with E-state index in [1.165, 1.54) is 0 Å². The van der Waals surface area contributed by atoms with Gasteiger partial charge in [0.1, 0.15) is 18.3 Å². The minimum Gasteiger partial charge on any atom is -0.470 e. The van der Waals surface area contributed by atoms with Gasteiger partial charge in [-0.15, -0.1) is 0 Å². The standard InChI is InChI=1S/C13H24O6/c1-9-10(15-3)11(16-4)12(17-5)13(19-9)18-8-6-7-14-2/h6,8-13H,7H2,1-5H3/b8-6-. The second-order valence-corrected chi connectivity index (χ2v) is 4.27. The van der Waals surface area contributed by atoms with Gasteiger partial charge in [-0.25, -0.2) is 0 Å². The van der Waals surface area contributed by atoms with Crippen LogP contribution in [0.4, 0.5) is 0 Å². The average molecular weight is 276 g/mol. The van der Waals surface area contributed by atoms with Gasteiger partial charge in [-0.05, 0) is 13.0 Å². The third kappa shape index (κ3) is 4.15. The summed E-state index contributed by atoms with van der Waals surface area (Å²) in [5, 5.41) is 0. The Morgan fingerprint density at radius 1 is 0.947 bits per heavy atom. The fourth-order valence-corrected chi connectivity index (χ4v) is 2.19. The Balaban J connectivity index is 2.69. The molecule has 0 saturated carbocycles. The van der Waals surface area contributed by atoms with E-state index < -0.39 is 6.29 Å². The monoisotopic (exact) mass is 276 g/mol. The maximum atomic E-state index is 5.76. The number of rotatable bonds is 7. The van der Waals surface area contributed by atoms with Gasteiger partial charge < -0.3 is 28.4 Å². The van der Waals surface area contributed by atoms with Crippen molar-refractivity contribution in [3.63, 3.8) is 0 Å². The van der Waals surface area contributed by atoms with E-state index in [0.717, 1.165) is 0 Å². The highest BCUT2D eigenvalue weighted by Gasteiger charge is 2.46. The zero-order chi connectivity index (χ0) is 14.3. The fraction of sp³-hybridized carbons (Fsp3) is 0.846. The first-order valence-electron chi connectivity index (χ1n) is 6.22. The highest BCUT2D eigenvalue weighted by Crippen LogP contribution is 2.27. The Morgan fingerprint density at radius 3 is 2.11 bits per heavy atom. The zero-order valence-electron chi connectivity index (χ0n) is 12.2. The van der Waals surface area contributed by atoms with E-state index in [1.807, 2.05) is 6.92 Å². The van der Waals surface area contributed by atoms with E-state index in [2.05, 4.69) is 0 Å². The molecule has 1 heterocycles. The molecular weight excluding hydrogens is 252 g/mol. The predicted molar refractivity (Wildman–Crippen MR) is 68.8 cm³/mol. The SMILES string of the molecule is COC/C=C\OC1OC(C)C(OC)C(OC)C1OC. The van der Waals surface area contributed by atoms with Crippen LogP contribution < -0.4 is 0 Å². The van der Waals surface area contributed by atoms with Crippen molar-refractivity contribution in [3.8, 4) is 0 Å². The molecule has 0 aliphatic carbocycles. The van der Waals surface area contributed by atoms with Gasteiger partial charge in [0.2, 0.25) is 6.29 Å². The van der Waals surface area contributed by atoms with Crippen molar-refractivity contribution in [2.45, 2.75) is 37.6 Å².